The predicted molar refractivity (Wildman–Crippen MR) is 51.5 cm³/mol. The van der Waals surface area contributed by atoms with Crippen molar-refractivity contribution in [1.82, 2.24) is 14.9 Å². The van der Waals surface area contributed by atoms with E-state index in [-0.39, 0.29) is 5.97 Å². The van der Waals surface area contributed by atoms with Gasteiger partial charge in [-0.2, -0.15) is 0 Å². The molecule has 0 spiro atoms. The molecule has 0 fully saturated rings. The van der Waals surface area contributed by atoms with E-state index < -0.39 is 0 Å². The molecule has 0 aromatic carbocycles. The molecule has 0 unspecified atom stereocenters. The first-order valence-corrected chi connectivity index (χ1v) is 4.47. The van der Waals surface area contributed by atoms with Gasteiger partial charge in [0.2, 0.25) is 0 Å². The third-order valence-electron chi connectivity index (χ3n) is 1.94. The first-order chi connectivity index (χ1) is 6.74. The van der Waals surface area contributed by atoms with Crippen LogP contribution >= 0.6 is 0 Å². The van der Waals surface area contributed by atoms with Crippen molar-refractivity contribution >= 4 is 5.97 Å². The first kappa shape index (κ1) is 10.7. The van der Waals surface area contributed by atoms with Gasteiger partial charge in [0.1, 0.15) is 5.82 Å². The summed E-state index contributed by atoms with van der Waals surface area (Å²) in [5, 5.41) is 3.11. The fourth-order valence-electron chi connectivity index (χ4n) is 1.06. The second kappa shape index (κ2) is 5.39. The highest BCUT2D eigenvalue weighted by Gasteiger charge is 2.00. The van der Waals surface area contributed by atoms with Gasteiger partial charge < -0.3 is 14.6 Å². The molecule has 0 atom stereocenters. The van der Waals surface area contributed by atoms with Crippen molar-refractivity contribution in [2.45, 2.75) is 13.0 Å². The van der Waals surface area contributed by atoms with Crippen LogP contribution in [0.25, 0.3) is 0 Å². The Morgan fingerprint density at radius 2 is 2.50 bits per heavy atom. The highest BCUT2D eigenvalue weighted by atomic mass is 16.5. The van der Waals surface area contributed by atoms with Crippen LogP contribution in [0.1, 0.15) is 12.2 Å². The van der Waals surface area contributed by atoms with Crippen LogP contribution in [-0.2, 0) is 23.1 Å². The van der Waals surface area contributed by atoms with Gasteiger partial charge in [-0.3, -0.25) is 4.79 Å². The zero-order valence-corrected chi connectivity index (χ0v) is 8.49. The fourth-order valence-corrected chi connectivity index (χ4v) is 1.06. The summed E-state index contributed by atoms with van der Waals surface area (Å²) >= 11 is 0. The van der Waals surface area contributed by atoms with Crippen molar-refractivity contribution < 1.29 is 9.53 Å². The van der Waals surface area contributed by atoms with E-state index in [0.717, 1.165) is 5.82 Å². The summed E-state index contributed by atoms with van der Waals surface area (Å²) in [4.78, 5) is 14.9. The number of aryl methyl sites for hydroxylation is 1. The second-order valence-corrected chi connectivity index (χ2v) is 2.96. The number of rotatable bonds is 5. The van der Waals surface area contributed by atoms with Crippen molar-refractivity contribution in [3.63, 3.8) is 0 Å². The lowest BCUT2D eigenvalue weighted by Crippen LogP contribution is -2.20. The lowest BCUT2D eigenvalue weighted by molar-refractivity contribution is -0.140. The number of hydrogen-bond donors (Lipinski definition) is 1. The molecule has 0 saturated carbocycles. The Hall–Kier alpha value is -1.36. The van der Waals surface area contributed by atoms with Crippen LogP contribution in [0.2, 0.25) is 0 Å². The Kier molecular flexibility index (Phi) is 4.12. The Labute approximate surface area is 83.1 Å². The van der Waals surface area contributed by atoms with Crippen LogP contribution in [0, 0.1) is 0 Å². The maximum atomic E-state index is 10.8. The number of carbonyl (C=O) groups excluding carboxylic acids is 1. The Morgan fingerprint density at radius 3 is 3.07 bits per heavy atom. The lowest BCUT2D eigenvalue weighted by atomic mass is 10.4. The maximum absolute atomic E-state index is 10.8. The zero-order valence-electron chi connectivity index (χ0n) is 8.49. The fraction of sp³-hybridized carbons (Fsp3) is 0.556. The Morgan fingerprint density at radius 1 is 1.71 bits per heavy atom. The molecule has 5 nitrogen and oxygen atoms in total. The summed E-state index contributed by atoms with van der Waals surface area (Å²) < 4.78 is 6.45. The van der Waals surface area contributed by atoms with E-state index in [0.29, 0.717) is 19.5 Å². The average Bonchev–Trinajstić information content (AvgIpc) is 2.58. The van der Waals surface area contributed by atoms with E-state index in [2.05, 4.69) is 15.0 Å². The standard InChI is InChI=1S/C9H15N3O2/c1-12-6-5-11-8(12)7-10-4-3-9(13)14-2/h5-6,10H,3-4,7H2,1-2H3. The molecule has 1 rings (SSSR count). The van der Waals surface area contributed by atoms with Gasteiger partial charge in [-0.15, -0.1) is 0 Å². The molecule has 0 radical (unpaired) electrons. The number of hydrogen-bond acceptors (Lipinski definition) is 4. The number of imidazole rings is 1. The maximum Gasteiger partial charge on any atom is 0.306 e. The lowest BCUT2D eigenvalue weighted by Gasteiger charge is -2.03. The molecule has 0 aliphatic carbocycles. The molecular formula is C9H15N3O2. The van der Waals surface area contributed by atoms with Gasteiger partial charge in [-0.25, -0.2) is 4.98 Å². The van der Waals surface area contributed by atoms with E-state index in [4.69, 9.17) is 0 Å². The number of esters is 1. The van der Waals surface area contributed by atoms with E-state index in [9.17, 15) is 4.79 Å². The predicted octanol–water partition coefficient (Wildman–Crippen LogP) is 0.0728. The third kappa shape index (κ3) is 3.18. The second-order valence-electron chi connectivity index (χ2n) is 2.96. The quantitative estimate of drug-likeness (QED) is 0.536. The number of methoxy groups -OCH3 is 1. The first-order valence-electron chi connectivity index (χ1n) is 4.47. The minimum Gasteiger partial charge on any atom is -0.469 e. The number of nitrogens with zero attached hydrogens (tertiary/aromatic N) is 2. The summed E-state index contributed by atoms with van der Waals surface area (Å²) in [5.74, 6) is 0.757. The van der Waals surface area contributed by atoms with Crippen molar-refractivity contribution in [2.75, 3.05) is 13.7 Å². The van der Waals surface area contributed by atoms with Crippen LogP contribution in [0.15, 0.2) is 12.4 Å². The molecule has 1 N–H and O–H groups in total. The van der Waals surface area contributed by atoms with Gasteiger partial charge in [0, 0.05) is 26.0 Å². The normalized spacial score (nSPS) is 10.1. The van der Waals surface area contributed by atoms with Gasteiger partial charge >= 0.3 is 5.97 Å². The Balaban J connectivity index is 2.16. The SMILES string of the molecule is COC(=O)CCNCc1nccn1C. The van der Waals surface area contributed by atoms with Crippen LogP contribution < -0.4 is 5.32 Å². The van der Waals surface area contributed by atoms with Crippen molar-refractivity contribution in [2.24, 2.45) is 7.05 Å². The molecule has 1 aromatic rings. The molecule has 1 heterocycles. The molecule has 5 heteroatoms. The summed E-state index contributed by atoms with van der Waals surface area (Å²) in [6.45, 7) is 1.28. The molecule has 0 aliphatic heterocycles. The van der Waals surface area contributed by atoms with Crippen LogP contribution in [0.3, 0.4) is 0 Å². The highest BCUT2D eigenvalue weighted by molar-refractivity contribution is 5.69. The minimum atomic E-state index is -0.197. The molecule has 0 aliphatic rings. The monoisotopic (exact) mass is 197 g/mol. The van der Waals surface area contributed by atoms with Gasteiger partial charge in [-0.1, -0.05) is 0 Å². The molecule has 0 bridgehead atoms. The number of nitrogens with one attached hydrogen (secondary N) is 1. The van der Waals surface area contributed by atoms with Crippen molar-refractivity contribution in [1.29, 1.82) is 0 Å². The van der Waals surface area contributed by atoms with Crippen LogP contribution in [0.5, 0.6) is 0 Å². The topological polar surface area (TPSA) is 56.1 Å². The van der Waals surface area contributed by atoms with Crippen molar-refractivity contribution in [3.8, 4) is 0 Å². The van der Waals surface area contributed by atoms with E-state index in [1.165, 1.54) is 7.11 Å². The Bertz CT molecular complexity index is 296. The van der Waals surface area contributed by atoms with Crippen LogP contribution in [-0.4, -0.2) is 29.2 Å². The average molecular weight is 197 g/mol. The van der Waals surface area contributed by atoms with Gasteiger partial charge in [-0.05, 0) is 0 Å². The molecule has 0 amide bonds. The number of carbonyl (C=O) groups is 1. The number of ether oxygens (including phenoxy) is 1. The van der Waals surface area contributed by atoms with Crippen LogP contribution in [0.4, 0.5) is 0 Å². The largest absolute Gasteiger partial charge is 0.469 e. The summed E-state index contributed by atoms with van der Waals surface area (Å²) in [6.07, 6.45) is 4.02. The van der Waals surface area contributed by atoms with E-state index >= 15 is 0 Å². The van der Waals surface area contributed by atoms with E-state index in [1.54, 1.807) is 6.20 Å². The van der Waals surface area contributed by atoms with Gasteiger partial charge in [0.15, 0.2) is 0 Å². The summed E-state index contributed by atoms with van der Waals surface area (Å²) in [5.41, 5.74) is 0. The molecule has 14 heavy (non-hydrogen) atoms. The van der Waals surface area contributed by atoms with Crippen molar-refractivity contribution in [3.05, 3.63) is 18.2 Å². The summed E-state index contributed by atoms with van der Waals surface area (Å²) in [6, 6.07) is 0. The highest BCUT2D eigenvalue weighted by Crippen LogP contribution is 1.92. The third-order valence-corrected chi connectivity index (χ3v) is 1.94. The molecular weight excluding hydrogens is 182 g/mol. The molecule has 0 saturated heterocycles. The molecule has 78 valence electrons. The smallest absolute Gasteiger partial charge is 0.306 e. The number of aromatic nitrogens is 2. The zero-order chi connectivity index (χ0) is 10.4. The summed E-state index contributed by atoms with van der Waals surface area (Å²) in [7, 11) is 3.32. The van der Waals surface area contributed by atoms with Gasteiger partial charge in [0.05, 0.1) is 20.1 Å². The molecule has 1 aromatic heterocycles. The van der Waals surface area contributed by atoms with E-state index in [1.807, 2.05) is 17.8 Å². The van der Waals surface area contributed by atoms with Gasteiger partial charge in [0.25, 0.3) is 0 Å². The minimum absolute atomic E-state index is 0.197.